The number of aromatic hydroxyl groups is 1. The molecule has 0 saturated carbocycles. The first kappa shape index (κ1) is 15.6. The Morgan fingerprint density at radius 3 is 2.50 bits per heavy atom. The van der Waals surface area contributed by atoms with E-state index in [9.17, 15) is 14.7 Å². The van der Waals surface area contributed by atoms with Crippen molar-refractivity contribution in [2.45, 2.75) is 13.3 Å². The van der Waals surface area contributed by atoms with Gasteiger partial charge in [-0.3, -0.25) is 4.79 Å². The number of rotatable bonds is 5. The van der Waals surface area contributed by atoms with Crippen molar-refractivity contribution >= 4 is 17.6 Å². The minimum Gasteiger partial charge on any atom is -0.508 e. The van der Waals surface area contributed by atoms with Crippen LogP contribution in [-0.2, 0) is 16.0 Å². The third kappa shape index (κ3) is 4.34. The number of ether oxygens (including phenoxy) is 1. The maximum atomic E-state index is 11.7. The maximum absolute atomic E-state index is 11.7. The number of aryl methyl sites for hydroxylation is 1. The Morgan fingerprint density at radius 2 is 1.86 bits per heavy atom. The minimum absolute atomic E-state index is 0.0325. The Morgan fingerprint density at radius 1 is 1.14 bits per heavy atom. The second-order valence-corrected chi connectivity index (χ2v) is 4.73. The topological polar surface area (TPSA) is 75.6 Å². The Labute approximate surface area is 128 Å². The van der Waals surface area contributed by atoms with Crippen molar-refractivity contribution in [3.05, 3.63) is 59.7 Å². The summed E-state index contributed by atoms with van der Waals surface area (Å²) >= 11 is 0. The molecule has 22 heavy (non-hydrogen) atoms. The van der Waals surface area contributed by atoms with E-state index in [0.717, 1.165) is 6.42 Å². The van der Waals surface area contributed by atoms with Crippen LogP contribution in [0.1, 0.15) is 22.8 Å². The number of phenolic OH excluding ortho intramolecular Hbond substituents is 1. The van der Waals surface area contributed by atoms with Crippen LogP contribution in [0.2, 0.25) is 0 Å². The molecule has 2 N–H and O–H groups in total. The van der Waals surface area contributed by atoms with Crippen LogP contribution in [0.3, 0.4) is 0 Å². The lowest BCUT2D eigenvalue weighted by molar-refractivity contribution is -0.119. The molecule has 0 atom stereocenters. The van der Waals surface area contributed by atoms with Gasteiger partial charge in [0.15, 0.2) is 6.61 Å². The van der Waals surface area contributed by atoms with Gasteiger partial charge in [0.1, 0.15) is 5.75 Å². The summed E-state index contributed by atoms with van der Waals surface area (Å²) in [6, 6.07) is 13.2. The molecule has 0 radical (unpaired) electrons. The summed E-state index contributed by atoms with van der Waals surface area (Å²) in [5.41, 5.74) is 2.02. The molecule has 0 aromatic heterocycles. The smallest absolute Gasteiger partial charge is 0.338 e. The lowest BCUT2D eigenvalue weighted by Gasteiger charge is -2.07. The van der Waals surface area contributed by atoms with Gasteiger partial charge in [0.05, 0.1) is 5.56 Å². The fraction of sp³-hybridized carbons (Fsp3) is 0.176. The number of esters is 1. The first-order valence-corrected chi connectivity index (χ1v) is 6.93. The molecular weight excluding hydrogens is 282 g/mol. The predicted octanol–water partition coefficient (Wildman–Crippen LogP) is 2.75. The van der Waals surface area contributed by atoms with Crippen LogP contribution in [0.15, 0.2) is 48.5 Å². The summed E-state index contributed by atoms with van der Waals surface area (Å²) in [6.45, 7) is 1.67. The number of amides is 1. The fourth-order valence-corrected chi connectivity index (χ4v) is 1.87. The highest BCUT2D eigenvalue weighted by Crippen LogP contribution is 2.12. The average Bonchev–Trinajstić information content (AvgIpc) is 2.53. The van der Waals surface area contributed by atoms with Crippen molar-refractivity contribution in [3.8, 4) is 5.75 Å². The van der Waals surface area contributed by atoms with Gasteiger partial charge < -0.3 is 15.2 Å². The number of carbonyl (C=O) groups is 2. The highest BCUT2D eigenvalue weighted by molar-refractivity contribution is 5.95. The number of nitrogens with one attached hydrogen (secondary N) is 1. The number of carbonyl (C=O) groups excluding carboxylic acids is 2. The van der Waals surface area contributed by atoms with Crippen LogP contribution in [0.4, 0.5) is 5.69 Å². The lowest BCUT2D eigenvalue weighted by Crippen LogP contribution is -2.20. The Bertz CT molecular complexity index is 665. The van der Waals surface area contributed by atoms with E-state index in [1.54, 1.807) is 12.1 Å². The molecule has 0 unspecified atom stereocenters. The van der Waals surface area contributed by atoms with E-state index < -0.39 is 11.9 Å². The van der Waals surface area contributed by atoms with Gasteiger partial charge in [-0.15, -0.1) is 0 Å². The molecule has 0 aliphatic carbocycles. The summed E-state index contributed by atoms with van der Waals surface area (Å²) in [5.74, 6) is -1.11. The van der Waals surface area contributed by atoms with E-state index in [1.165, 1.54) is 29.8 Å². The van der Waals surface area contributed by atoms with Crippen molar-refractivity contribution in [2.75, 3.05) is 11.9 Å². The monoisotopic (exact) mass is 299 g/mol. The first-order valence-electron chi connectivity index (χ1n) is 6.93. The summed E-state index contributed by atoms with van der Waals surface area (Å²) < 4.78 is 4.90. The second kappa shape index (κ2) is 7.26. The van der Waals surface area contributed by atoms with Crippen LogP contribution >= 0.6 is 0 Å². The van der Waals surface area contributed by atoms with Gasteiger partial charge in [-0.2, -0.15) is 0 Å². The van der Waals surface area contributed by atoms with Gasteiger partial charge in [0.2, 0.25) is 0 Å². The van der Waals surface area contributed by atoms with Gasteiger partial charge in [-0.25, -0.2) is 4.79 Å². The second-order valence-electron chi connectivity index (χ2n) is 4.73. The number of anilines is 1. The Kier molecular flexibility index (Phi) is 5.14. The fourth-order valence-electron chi connectivity index (χ4n) is 1.87. The molecule has 0 fully saturated rings. The lowest BCUT2D eigenvalue weighted by atomic mass is 10.1. The van der Waals surface area contributed by atoms with E-state index in [4.69, 9.17) is 4.74 Å². The van der Waals surface area contributed by atoms with Gasteiger partial charge in [-0.05, 0) is 42.3 Å². The van der Waals surface area contributed by atoms with Gasteiger partial charge in [0, 0.05) is 5.69 Å². The summed E-state index contributed by atoms with van der Waals surface area (Å²) in [7, 11) is 0. The molecule has 1 amide bonds. The first-order chi connectivity index (χ1) is 10.6. The molecule has 5 nitrogen and oxygen atoms in total. The zero-order chi connectivity index (χ0) is 15.9. The van der Waals surface area contributed by atoms with Crippen molar-refractivity contribution in [3.63, 3.8) is 0 Å². The Balaban J connectivity index is 1.85. The van der Waals surface area contributed by atoms with Crippen LogP contribution in [-0.4, -0.2) is 23.6 Å². The normalized spacial score (nSPS) is 10.0. The van der Waals surface area contributed by atoms with E-state index >= 15 is 0 Å². The van der Waals surface area contributed by atoms with E-state index in [-0.39, 0.29) is 17.9 Å². The number of hydrogen-bond acceptors (Lipinski definition) is 4. The molecule has 0 spiro atoms. The van der Waals surface area contributed by atoms with Crippen molar-refractivity contribution in [1.82, 2.24) is 0 Å². The largest absolute Gasteiger partial charge is 0.508 e. The van der Waals surface area contributed by atoms with Crippen LogP contribution in [0.5, 0.6) is 5.75 Å². The van der Waals surface area contributed by atoms with Crippen molar-refractivity contribution < 1.29 is 19.4 Å². The van der Waals surface area contributed by atoms with Crippen molar-refractivity contribution in [1.29, 1.82) is 0 Å². The Hall–Kier alpha value is -2.82. The van der Waals surface area contributed by atoms with Gasteiger partial charge in [-0.1, -0.05) is 25.1 Å². The van der Waals surface area contributed by atoms with E-state index in [2.05, 4.69) is 12.2 Å². The number of benzene rings is 2. The highest BCUT2D eigenvalue weighted by Gasteiger charge is 2.10. The molecule has 5 heteroatoms. The molecular formula is C17H17NO4. The molecule has 0 aliphatic heterocycles. The summed E-state index contributed by atoms with van der Waals surface area (Å²) in [4.78, 5) is 23.5. The predicted molar refractivity (Wildman–Crippen MR) is 82.8 cm³/mol. The van der Waals surface area contributed by atoms with E-state index in [0.29, 0.717) is 5.69 Å². The quantitative estimate of drug-likeness (QED) is 0.832. The van der Waals surface area contributed by atoms with Crippen LogP contribution in [0.25, 0.3) is 0 Å². The minimum atomic E-state index is -0.660. The highest BCUT2D eigenvalue weighted by atomic mass is 16.5. The summed E-state index contributed by atoms with van der Waals surface area (Å²) in [5, 5.41) is 11.9. The average molecular weight is 299 g/mol. The van der Waals surface area contributed by atoms with Crippen LogP contribution < -0.4 is 5.32 Å². The zero-order valence-electron chi connectivity index (χ0n) is 12.2. The summed E-state index contributed by atoms with van der Waals surface area (Å²) in [6.07, 6.45) is 0.926. The van der Waals surface area contributed by atoms with Gasteiger partial charge >= 0.3 is 5.97 Å². The third-order valence-corrected chi connectivity index (χ3v) is 3.06. The van der Waals surface area contributed by atoms with Crippen LogP contribution in [0, 0.1) is 0 Å². The number of hydrogen-bond donors (Lipinski definition) is 2. The standard InChI is InChI=1S/C17H17NO4/c1-2-12-6-8-14(9-7-12)18-16(20)11-22-17(21)13-4-3-5-15(19)10-13/h3-10,19H,2,11H2,1H3,(H,18,20). The zero-order valence-corrected chi connectivity index (χ0v) is 12.2. The SMILES string of the molecule is CCc1ccc(NC(=O)COC(=O)c2cccc(O)c2)cc1. The van der Waals surface area contributed by atoms with E-state index in [1.807, 2.05) is 12.1 Å². The molecule has 0 heterocycles. The molecule has 114 valence electrons. The molecule has 2 aromatic carbocycles. The molecule has 0 bridgehead atoms. The molecule has 0 aliphatic rings. The van der Waals surface area contributed by atoms with Crippen molar-refractivity contribution in [2.24, 2.45) is 0 Å². The number of phenols is 1. The maximum Gasteiger partial charge on any atom is 0.338 e. The molecule has 2 aromatic rings. The third-order valence-electron chi connectivity index (χ3n) is 3.06. The van der Waals surface area contributed by atoms with Gasteiger partial charge in [0.25, 0.3) is 5.91 Å². The molecule has 0 saturated heterocycles. The molecule has 2 rings (SSSR count).